The molecular formula is C24H24N2O5S. The molecule has 0 saturated carbocycles. The van der Waals surface area contributed by atoms with Crippen molar-refractivity contribution in [3.05, 3.63) is 63.8 Å². The molecule has 0 fully saturated rings. The third kappa shape index (κ3) is 4.13. The van der Waals surface area contributed by atoms with Crippen molar-refractivity contribution in [3.8, 4) is 17.2 Å². The van der Waals surface area contributed by atoms with E-state index in [-0.39, 0.29) is 11.8 Å². The van der Waals surface area contributed by atoms with E-state index in [4.69, 9.17) is 14.2 Å². The van der Waals surface area contributed by atoms with Crippen molar-refractivity contribution in [1.29, 1.82) is 0 Å². The van der Waals surface area contributed by atoms with Gasteiger partial charge in [-0.05, 0) is 60.2 Å². The third-order valence-electron chi connectivity index (χ3n) is 5.36. The summed E-state index contributed by atoms with van der Waals surface area (Å²) in [5, 5.41) is 4.83. The lowest BCUT2D eigenvalue weighted by Crippen LogP contribution is -2.35. The molecule has 2 aromatic carbocycles. The number of nitrogens with zero attached hydrogens (tertiary/aromatic N) is 1. The first-order valence-corrected chi connectivity index (χ1v) is 11.0. The first-order chi connectivity index (χ1) is 15.5. The Hall–Kier alpha value is -3.52. The van der Waals surface area contributed by atoms with Crippen LogP contribution >= 0.6 is 11.3 Å². The van der Waals surface area contributed by atoms with Crippen molar-refractivity contribution in [2.45, 2.75) is 12.8 Å². The zero-order chi connectivity index (χ0) is 22.7. The summed E-state index contributed by atoms with van der Waals surface area (Å²) in [5.41, 5.74) is 2.96. The molecule has 3 aromatic rings. The van der Waals surface area contributed by atoms with Crippen LogP contribution in [0.3, 0.4) is 0 Å². The van der Waals surface area contributed by atoms with Gasteiger partial charge < -0.3 is 24.4 Å². The zero-order valence-corrected chi connectivity index (χ0v) is 19.0. The molecule has 0 atom stereocenters. The average molecular weight is 453 g/mol. The SMILES string of the molecule is COc1cc(C(=O)Nc2ccc3c(c2)CCCN3C(=O)c2cccs2)cc(OC)c1OC. The van der Waals surface area contributed by atoms with E-state index in [0.717, 1.165) is 29.0 Å². The Morgan fingerprint density at radius 3 is 2.38 bits per heavy atom. The fourth-order valence-electron chi connectivity index (χ4n) is 3.83. The van der Waals surface area contributed by atoms with E-state index in [1.54, 1.807) is 12.1 Å². The van der Waals surface area contributed by atoms with Gasteiger partial charge in [0, 0.05) is 23.5 Å². The predicted molar refractivity (Wildman–Crippen MR) is 125 cm³/mol. The van der Waals surface area contributed by atoms with Crippen molar-refractivity contribution < 1.29 is 23.8 Å². The van der Waals surface area contributed by atoms with Crippen LogP contribution in [0.2, 0.25) is 0 Å². The van der Waals surface area contributed by atoms with E-state index in [1.807, 2.05) is 40.6 Å². The number of aryl methyl sites for hydroxylation is 1. The largest absolute Gasteiger partial charge is 0.493 e. The maximum absolute atomic E-state index is 12.9. The van der Waals surface area contributed by atoms with Crippen LogP contribution in [0.4, 0.5) is 11.4 Å². The van der Waals surface area contributed by atoms with Gasteiger partial charge in [-0.3, -0.25) is 9.59 Å². The molecule has 0 bridgehead atoms. The maximum Gasteiger partial charge on any atom is 0.268 e. The average Bonchev–Trinajstić information content (AvgIpc) is 3.37. The van der Waals surface area contributed by atoms with E-state index < -0.39 is 0 Å². The highest BCUT2D eigenvalue weighted by Crippen LogP contribution is 2.38. The molecule has 0 spiro atoms. The van der Waals surface area contributed by atoms with Crippen LogP contribution in [0.5, 0.6) is 17.2 Å². The number of carbonyl (C=O) groups is 2. The van der Waals surface area contributed by atoms with Crippen molar-refractivity contribution in [2.24, 2.45) is 0 Å². The number of nitrogens with one attached hydrogen (secondary N) is 1. The van der Waals surface area contributed by atoms with Crippen LogP contribution in [0.25, 0.3) is 0 Å². The number of amides is 2. The fraction of sp³-hybridized carbons (Fsp3) is 0.250. The van der Waals surface area contributed by atoms with Crippen molar-refractivity contribution in [2.75, 3.05) is 38.1 Å². The monoisotopic (exact) mass is 452 g/mol. The minimum Gasteiger partial charge on any atom is -0.493 e. The summed E-state index contributed by atoms with van der Waals surface area (Å²) in [7, 11) is 4.52. The minimum absolute atomic E-state index is 0.00941. The lowest BCUT2D eigenvalue weighted by molar-refractivity contribution is 0.0987. The summed E-state index contributed by atoms with van der Waals surface area (Å²) in [6, 6.07) is 12.6. The molecular weight excluding hydrogens is 428 g/mol. The number of fused-ring (bicyclic) bond motifs is 1. The van der Waals surface area contributed by atoms with Gasteiger partial charge in [-0.2, -0.15) is 0 Å². The molecule has 1 aromatic heterocycles. The second kappa shape index (κ2) is 9.32. The van der Waals surface area contributed by atoms with Crippen LogP contribution < -0.4 is 24.4 Å². The topological polar surface area (TPSA) is 77.1 Å². The minimum atomic E-state index is -0.300. The third-order valence-corrected chi connectivity index (χ3v) is 6.22. The molecule has 1 aliphatic heterocycles. The molecule has 0 unspecified atom stereocenters. The second-order valence-electron chi connectivity index (χ2n) is 7.25. The van der Waals surface area contributed by atoms with Crippen LogP contribution in [0.15, 0.2) is 47.8 Å². The van der Waals surface area contributed by atoms with E-state index in [1.165, 1.54) is 32.7 Å². The highest BCUT2D eigenvalue weighted by Gasteiger charge is 2.25. The lowest BCUT2D eigenvalue weighted by atomic mass is 10.0. The fourth-order valence-corrected chi connectivity index (χ4v) is 4.51. The number of hydrogen-bond donors (Lipinski definition) is 1. The molecule has 0 radical (unpaired) electrons. The van der Waals surface area contributed by atoms with Gasteiger partial charge in [-0.15, -0.1) is 11.3 Å². The van der Waals surface area contributed by atoms with Crippen LogP contribution in [0, 0.1) is 0 Å². The standard InChI is InChI=1S/C24H24N2O5S/c1-29-19-13-16(14-20(30-2)22(19)31-3)23(27)25-17-8-9-18-15(12-17)6-4-10-26(18)24(28)21-7-5-11-32-21/h5,7-9,11-14H,4,6,10H2,1-3H3,(H,25,27). The molecule has 166 valence electrons. The lowest BCUT2D eigenvalue weighted by Gasteiger charge is -2.29. The molecule has 32 heavy (non-hydrogen) atoms. The number of anilines is 2. The van der Waals surface area contributed by atoms with Gasteiger partial charge in [0.05, 0.1) is 26.2 Å². The molecule has 2 amide bonds. The van der Waals surface area contributed by atoms with Gasteiger partial charge >= 0.3 is 0 Å². The molecule has 1 N–H and O–H groups in total. The molecule has 7 nitrogen and oxygen atoms in total. The normalized spacial score (nSPS) is 12.7. The molecule has 2 heterocycles. The Morgan fingerprint density at radius 1 is 1.00 bits per heavy atom. The predicted octanol–water partition coefficient (Wildman–Crippen LogP) is 4.62. The molecule has 4 rings (SSSR count). The summed E-state index contributed by atoms with van der Waals surface area (Å²) in [6.45, 7) is 0.681. The summed E-state index contributed by atoms with van der Waals surface area (Å²) in [4.78, 5) is 28.3. The number of hydrogen-bond acceptors (Lipinski definition) is 6. The number of ether oxygens (including phenoxy) is 3. The van der Waals surface area contributed by atoms with Crippen LogP contribution in [-0.2, 0) is 6.42 Å². The smallest absolute Gasteiger partial charge is 0.268 e. The Bertz CT molecular complexity index is 1120. The Labute approximate surface area is 190 Å². The Kier molecular flexibility index (Phi) is 6.32. The Morgan fingerprint density at radius 2 is 1.75 bits per heavy atom. The number of methoxy groups -OCH3 is 3. The first kappa shape index (κ1) is 21.7. The first-order valence-electron chi connectivity index (χ1n) is 10.2. The number of rotatable bonds is 6. The van der Waals surface area contributed by atoms with Gasteiger partial charge in [0.1, 0.15) is 0 Å². The van der Waals surface area contributed by atoms with Gasteiger partial charge in [0.15, 0.2) is 11.5 Å². The Balaban J connectivity index is 1.57. The molecule has 8 heteroatoms. The summed E-state index contributed by atoms with van der Waals surface area (Å²) in [5.74, 6) is 0.952. The van der Waals surface area contributed by atoms with E-state index in [2.05, 4.69) is 5.32 Å². The second-order valence-corrected chi connectivity index (χ2v) is 8.20. The van der Waals surface area contributed by atoms with E-state index in [0.29, 0.717) is 35.0 Å². The molecule has 0 saturated heterocycles. The molecule has 0 aliphatic carbocycles. The number of carbonyl (C=O) groups excluding carboxylic acids is 2. The highest BCUT2D eigenvalue weighted by atomic mass is 32.1. The maximum atomic E-state index is 12.9. The zero-order valence-electron chi connectivity index (χ0n) is 18.1. The van der Waals surface area contributed by atoms with E-state index >= 15 is 0 Å². The summed E-state index contributed by atoms with van der Waals surface area (Å²) in [6.07, 6.45) is 1.71. The quantitative estimate of drug-likeness (QED) is 0.591. The molecule has 1 aliphatic rings. The number of thiophene rings is 1. The van der Waals surface area contributed by atoms with Crippen molar-refractivity contribution in [3.63, 3.8) is 0 Å². The number of benzene rings is 2. The van der Waals surface area contributed by atoms with Gasteiger partial charge in [0.2, 0.25) is 5.75 Å². The van der Waals surface area contributed by atoms with Crippen molar-refractivity contribution in [1.82, 2.24) is 0 Å². The summed E-state index contributed by atoms with van der Waals surface area (Å²) >= 11 is 1.44. The summed E-state index contributed by atoms with van der Waals surface area (Å²) < 4.78 is 16.0. The highest BCUT2D eigenvalue weighted by molar-refractivity contribution is 7.12. The van der Waals surface area contributed by atoms with Gasteiger partial charge in [-0.1, -0.05) is 6.07 Å². The van der Waals surface area contributed by atoms with Crippen LogP contribution in [0.1, 0.15) is 32.0 Å². The van der Waals surface area contributed by atoms with Crippen molar-refractivity contribution >= 4 is 34.5 Å². The van der Waals surface area contributed by atoms with E-state index in [9.17, 15) is 9.59 Å². The van der Waals surface area contributed by atoms with Gasteiger partial charge in [-0.25, -0.2) is 0 Å². The van der Waals surface area contributed by atoms with Gasteiger partial charge in [0.25, 0.3) is 11.8 Å². The van der Waals surface area contributed by atoms with Crippen LogP contribution in [-0.4, -0.2) is 39.7 Å².